The molecule has 0 spiro atoms. The van der Waals surface area contributed by atoms with E-state index in [1.807, 2.05) is 0 Å². The number of nitrogens with one attached hydrogen (secondary N) is 1. The normalized spacial score (nSPS) is 11.3. The van der Waals surface area contributed by atoms with Gasteiger partial charge in [-0.1, -0.05) is 35.3 Å². The zero-order valence-electron chi connectivity index (χ0n) is 14.9. The fraction of sp³-hybridized carbons (Fsp3) is 0.222. The quantitative estimate of drug-likeness (QED) is 0.631. The lowest BCUT2D eigenvalue weighted by Crippen LogP contribution is -2.35. The molecule has 0 bridgehead atoms. The van der Waals surface area contributed by atoms with E-state index in [1.165, 1.54) is 31.3 Å². The number of carbonyl (C=O) groups excluding carboxylic acids is 2. The molecule has 150 valence electrons. The van der Waals surface area contributed by atoms with Crippen molar-refractivity contribution in [2.75, 3.05) is 20.2 Å². The molecule has 0 aliphatic rings. The van der Waals surface area contributed by atoms with Crippen molar-refractivity contribution < 1.29 is 22.7 Å². The average molecular weight is 445 g/mol. The maximum Gasteiger partial charge on any atom is 0.321 e. The van der Waals surface area contributed by atoms with Gasteiger partial charge in [-0.15, -0.1) is 0 Å². The van der Waals surface area contributed by atoms with Crippen LogP contribution in [-0.2, 0) is 30.9 Å². The molecule has 0 heterocycles. The van der Waals surface area contributed by atoms with Gasteiger partial charge in [-0.2, -0.15) is 4.31 Å². The van der Waals surface area contributed by atoms with Crippen molar-refractivity contribution in [1.29, 1.82) is 0 Å². The summed E-state index contributed by atoms with van der Waals surface area (Å²) in [6.45, 7) is -0.797. The van der Waals surface area contributed by atoms with Crippen molar-refractivity contribution >= 4 is 45.1 Å². The van der Waals surface area contributed by atoms with Crippen LogP contribution >= 0.6 is 23.2 Å². The second-order valence-corrected chi connectivity index (χ2v) is 8.70. The number of esters is 1. The van der Waals surface area contributed by atoms with Gasteiger partial charge in [0.05, 0.1) is 4.90 Å². The van der Waals surface area contributed by atoms with E-state index in [9.17, 15) is 18.0 Å². The predicted molar refractivity (Wildman–Crippen MR) is 106 cm³/mol. The van der Waals surface area contributed by atoms with Gasteiger partial charge in [0, 0.05) is 23.6 Å². The average Bonchev–Trinajstić information content (AvgIpc) is 2.66. The maximum atomic E-state index is 12.4. The molecule has 0 unspecified atom stereocenters. The molecule has 0 aliphatic carbocycles. The van der Waals surface area contributed by atoms with Crippen LogP contribution < -0.4 is 5.32 Å². The van der Waals surface area contributed by atoms with E-state index in [0.717, 1.165) is 9.87 Å². The number of benzene rings is 2. The summed E-state index contributed by atoms with van der Waals surface area (Å²) in [5.74, 6) is -1.35. The number of nitrogens with zero attached hydrogens (tertiary/aromatic N) is 1. The Kier molecular flexibility index (Phi) is 7.82. The highest BCUT2D eigenvalue weighted by atomic mass is 35.5. The molecule has 2 aromatic carbocycles. The summed E-state index contributed by atoms with van der Waals surface area (Å²) in [6, 6.07) is 12.4. The summed E-state index contributed by atoms with van der Waals surface area (Å²) < 4.78 is 30.4. The third kappa shape index (κ3) is 6.49. The standard InChI is InChI=1S/C18H18Cl2N2O5S/c1-22(28(25,26)16-8-6-15(20)7-9-16)11-18(24)27-12-17(23)21-10-13-2-4-14(19)5-3-13/h2-9H,10-12H2,1H3,(H,21,23). The van der Waals surface area contributed by atoms with Gasteiger partial charge < -0.3 is 10.1 Å². The molecule has 0 aromatic heterocycles. The smallest absolute Gasteiger partial charge is 0.321 e. The maximum absolute atomic E-state index is 12.4. The van der Waals surface area contributed by atoms with E-state index < -0.39 is 35.1 Å². The summed E-state index contributed by atoms with van der Waals surface area (Å²) in [5.41, 5.74) is 0.831. The Morgan fingerprint density at radius 1 is 1.00 bits per heavy atom. The van der Waals surface area contributed by atoms with Gasteiger partial charge in [0.2, 0.25) is 10.0 Å². The van der Waals surface area contributed by atoms with Gasteiger partial charge in [-0.3, -0.25) is 9.59 Å². The fourth-order valence-electron chi connectivity index (χ4n) is 2.10. The van der Waals surface area contributed by atoms with E-state index in [0.29, 0.717) is 10.0 Å². The number of carbonyl (C=O) groups is 2. The Morgan fingerprint density at radius 3 is 2.11 bits per heavy atom. The fourth-order valence-corrected chi connectivity index (χ4v) is 3.47. The summed E-state index contributed by atoms with van der Waals surface area (Å²) in [7, 11) is -2.63. The third-order valence-electron chi connectivity index (χ3n) is 3.64. The molecular formula is C18H18Cl2N2O5S. The van der Waals surface area contributed by atoms with Crippen LogP contribution in [0, 0.1) is 0 Å². The minimum atomic E-state index is -3.88. The highest BCUT2D eigenvalue weighted by molar-refractivity contribution is 7.89. The molecule has 2 aromatic rings. The van der Waals surface area contributed by atoms with Gasteiger partial charge in [0.25, 0.3) is 5.91 Å². The first-order valence-electron chi connectivity index (χ1n) is 8.07. The number of amides is 1. The number of hydrogen-bond acceptors (Lipinski definition) is 5. The van der Waals surface area contributed by atoms with E-state index >= 15 is 0 Å². The molecule has 1 N–H and O–H groups in total. The Bertz CT molecular complexity index is 931. The van der Waals surface area contributed by atoms with E-state index in [4.69, 9.17) is 27.9 Å². The van der Waals surface area contributed by atoms with Crippen LogP contribution in [0.1, 0.15) is 5.56 Å². The lowest BCUT2D eigenvalue weighted by Gasteiger charge is -2.16. The Morgan fingerprint density at radius 2 is 1.54 bits per heavy atom. The van der Waals surface area contributed by atoms with E-state index in [1.54, 1.807) is 24.3 Å². The molecular weight excluding hydrogens is 427 g/mol. The molecule has 28 heavy (non-hydrogen) atoms. The summed E-state index contributed by atoms with van der Waals surface area (Å²) in [6.07, 6.45) is 0. The number of ether oxygens (including phenoxy) is 1. The monoisotopic (exact) mass is 444 g/mol. The molecule has 0 saturated heterocycles. The summed E-state index contributed by atoms with van der Waals surface area (Å²) in [5, 5.41) is 3.56. The van der Waals surface area contributed by atoms with Gasteiger partial charge in [0.15, 0.2) is 6.61 Å². The molecule has 7 nitrogen and oxygen atoms in total. The second-order valence-electron chi connectivity index (χ2n) is 5.78. The molecule has 0 fully saturated rings. The second kappa shape index (κ2) is 9.88. The van der Waals surface area contributed by atoms with Gasteiger partial charge in [-0.05, 0) is 42.0 Å². The van der Waals surface area contributed by atoms with Crippen LogP contribution in [-0.4, -0.2) is 44.8 Å². The first-order valence-corrected chi connectivity index (χ1v) is 10.3. The minimum Gasteiger partial charge on any atom is -0.455 e. The van der Waals surface area contributed by atoms with Crippen molar-refractivity contribution in [2.24, 2.45) is 0 Å². The van der Waals surface area contributed by atoms with Crippen LogP contribution in [0.4, 0.5) is 0 Å². The number of sulfonamides is 1. The highest BCUT2D eigenvalue weighted by Crippen LogP contribution is 2.17. The van der Waals surface area contributed by atoms with Crippen molar-refractivity contribution in [2.45, 2.75) is 11.4 Å². The van der Waals surface area contributed by atoms with Crippen LogP contribution in [0.15, 0.2) is 53.4 Å². The molecule has 2 rings (SSSR count). The SMILES string of the molecule is CN(CC(=O)OCC(=O)NCc1ccc(Cl)cc1)S(=O)(=O)c1ccc(Cl)cc1. The van der Waals surface area contributed by atoms with Gasteiger partial charge in [-0.25, -0.2) is 8.42 Å². The van der Waals surface area contributed by atoms with Crippen LogP contribution in [0.2, 0.25) is 10.0 Å². The third-order valence-corrected chi connectivity index (χ3v) is 5.96. The Balaban J connectivity index is 1.80. The molecule has 0 aliphatic heterocycles. The number of rotatable bonds is 8. The van der Waals surface area contributed by atoms with Crippen molar-refractivity contribution in [3.63, 3.8) is 0 Å². The largest absolute Gasteiger partial charge is 0.455 e. The summed E-state index contributed by atoms with van der Waals surface area (Å²) >= 11 is 11.5. The van der Waals surface area contributed by atoms with E-state index in [-0.39, 0.29) is 11.4 Å². The van der Waals surface area contributed by atoms with Crippen LogP contribution in [0.3, 0.4) is 0 Å². The summed E-state index contributed by atoms with van der Waals surface area (Å²) in [4.78, 5) is 23.6. The van der Waals surface area contributed by atoms with Crippen LogP contribution in [0.5, 0.6) is 0 Å². The Hall–Kier alpha value is -2.13. The lowest BCUT2D eigenvalue weighted by atomic mass is 10.2. The zero-order chi connectivity index (χ0) is 20.7. The lowest BCUT2D eigenvalue weighted by molar-refractivity contribution is -0.148. The topological polar surface area (TPSA) is 92.8 Å². The van der Waals surface area contributed by atoms with Gasteiger partial charge >= 0.3 is 5.97 Å². The number of hydrogen-bond donors (Lipinski definition) is 1. The van der Waals surface area contributed by atoms with Gasteiger partial charge in [0.1, 0.15) is 6.54 Å². The molecule has 0 atom stereocenters. The first kappa shape index (κ1) is 22.2. The Labute approximate surface area is 173 Å². The zero-order valence-corrected chi connectivity index (χ0v) is 17.2. The highest BCUT2D eigenvalue weighted by Gasteiger charge is 2.23. The molecule has 1 amide bonds. The van der Waals surface area contributed by atoms with Crippen LogP contribution in [0.25, 0.3) is 0 Å². The molecule has 0 radical (unpaired) electrons. The molecule has 10 heteroatoms. The van der Waals surface area contributed by atoms with E-state index in [2.05, 4.69) is 5.32 Å². The van der Waals surface area contributed by atoms with Crippen molar-refractivity contribution in [3.8, 4) is 0 Å². The van der Waals surface area contributed by atoms with Crippen molar-refractivity contribution in [1.82, 2.24) is 9.62 Å². The molecule has 0 saturated carbocycles. The number of halogens is 2. The van der Waals surface area contributed by atoms with Crippen molar-refractivity contribution in [3.05, 3.63) is 64.1 Å². The first-order chi connectivity index (χ1) is 13.2. The predicted octanol–water partition coefficient (Wildman–Crippen LogP) is 2.47. The minimum absolute atomic E-state index is 0.00657. The number of likely N-dealkylation sites (N-methyl/N-ethyl adjacent to an activating group) is 1.